The van der Waals surface area contributed by atoms with Crippen molar-refractivity contribution in [3.63, 3.8) is 0 Å². The first-order valence-electron chi connectivity index (χ1n) is 10.9. The van der Waals surface area contributed by atoms with Gasteiger partial charge in [-0.15, -0.1) is 0 Å². The van der Waals surface area contributed by atoms with Crippen LogP contribution in [0, 0.1) is 18.3 Å². The third-order valence-corrected chi connectivity index (χ3v) is 7.07. The van der Waals surface area contributed by atoms with Crippen LogP contribution in [0.15, 0.2) is 83.7 Å². The smallest absolute Gasteiger partial charge is 0.258 e. The molecule has 0 saturated heterocycles. The highest BCUT2D eigenvalue weighted by molar-refractivity contribution is 8.22. The van der Waals surface area contributed by atoms with Gasteiger partial charge in [0.1, 0.15) is 15.6 Å². The summed E-state index contributed by atoms with van der Waals surface area (Å²) in [6.07, 6.45) is 0.625. The Morgan fingerprint density at radius 1 is 1.09 bits per heavy atom. The highest BCUT2D eigenvalue weighted by atomic mass is 32.2. The van der Waals surface area contributed by atoms with Crippen LogP contribution in [0.2, 0.25) is 0 Å². The number of hydrogen-bond acceptors (Lipinski definition) is 5. The fraction of sp³-hybridized carbons (Fsp3) is 0.185. The molecular weight excluding hydrogens is 460 g/mol. The van der Waals surface area contributed by atoms with Gasteiger partial charge in [0.15, 0.2) is 0 Å². The molecule has 7 heteroatoms. The molecular formula is C27H24N4OS2. The van der Waals surface area contributed by atoms with Crippen molar-refractivity contribution in [2.75, 3.05) is 5.75 Å². The van der Waals surface area contributed by atoms with Crippen molar-refractivity contribution in [1.29, 1.82) is 5.26 Å². The summed E-state index contributed by atoms with van der Waals surface area (Å²) < 4.78 is 0.656. The van der Waals surface area contributed by atoms with Crippen molar-refractivity contribution in [2.24, 2.45) is 0 Å². The summed E-state index contributed by atoms with van der Waals surface area (Å²) in [5.74, 6) is 1.28. The molecule has 1 heterocycles. The molecule has 0 aliphatic carbocycles. The van der Waals surface area contributed by atoms with E-state index in [2.05, 4.69) is 21.4 Å². The summed E-state index contributed by atoms with van der Waals surface area (Å²) in [5.41, 5.74) is 2.70. The number of aryl methyl sites for hydroxylation is 1. The van der Waals surface area contributed by atoms with Gasteiger partial charge in [0.2, 0.25) is 0 Å². The van der Waals surface area contributed by atoms with E-state index in [0.29, 0.717) is 39.8 Å². The number of H-pyrrole nitrogens is 1. The number of benzene rings is 3. The van der Waals surface area contributed by atoms with Gasteiger partial charge < -0.3 is 10.3 Å². The summed E-state index contributed by atoms with van der Waals surface area (Å²) in [5, 5.41) is 14.1. The number of aromatic nitrogens is 2. The Morgan fingerprint density at radius 3 is 2.35 bits per heavy atom. The van der Waals surface area contributed by atoms with Gasteiger partial charge in [0.05, 0.1) is 17.0 Å². The largest absolute Gasteiger partial charge is 0.367 e. The molecule has 0 bridgehead atoms. The van der Waals surface area contributed by atoms with Gasteiger partial charge in [-0.2, -0.15) is 5.26 Å². The van der Waals surface area contributed by atoms with Crippen LogP contribution in [-0.4, -0.2) is 20.0 Å². The first-order valence-corrected chi connectivity index (χ1v) is 12.3. The van der Waals surface area contributed by atoms with Crippen molar-refractivity contribution in [1.82, 2.24) is 15.3 Å². The second-order valence-electron chi connectivity index (χ2n) is 7.99. The van der Waals surface area contributed by atoms with Gasteiger partial charge in [-0.1, -0.05) is 90.7 Å². The maximum atomic E-state index is 12.2. The molecule has 1 aromatic heterocycles. The predicted octanol–water partition coefficient (Wildman–Crippen LogP) is 5.24. The van der Waals surface area contributed by atoms with Gasteiger partial charge in [-0.3, -0.25) is 4.79 Å². The van der Waals surface area contributed by atoms with E-state index in [-0.39, 0.29) is 5.56 Å². The summed E-state index contributed by atoms with van der Waals surface area (Å²) in [4.78, 5) is 19.3. The summed E-state index contributed by atoms with van der Waals surface area (Å²) in [7, 11) is 0. The number of thioether (sulfide) groups is 1. The average Bonchev–Trinajstić information content (AvgIpc) is 2.87. The third-order valence-electron chi connectivity index (χ3n) is 5.76. The van der Waals surface area contributed by atoms with Gasteiger partial charge in [-0.05, 0) is 42.2 Å². The van der Waals surface area contributed by atoms with E-state index in [9.17, 15) is 10.1 Å². The van der Waals surface area contributed by atoms with Crippen LogP contribution in [0.25, 0.3) is 10.9 Å². The molecule has 2 N–H and O–H groups in total. The summed E-state index contributed by atoms with van der Waals surface area (Å²) >= 11 is 7.06. The van der Waals surface area contributed by atoms with E-state index >= 15 is 0 Å². The van der Waals surface area contributed by atoms with Gasteiger partial charge in [0.25, 0.3) is 5.56 Å². The molecule has 0 aliphatic heterocycles. The number of fused-ring (bicyclic) bond motifs is 1. The molecule has 4 rings (SSSR count). The highest BCUT2D eigenvalue weighted by Crippen LogP contribution is 2.36. The maximum Gasteiger partial charge on any atom is 0.258 e. The van der Waals surface area contributed by atoms with Crippen molar-refractivity contribution >= 4 is 39.2 Å². The SMILES string of the molecule is Cc1nc2ccc(CNC(=S)SCCC(C#N)(c3ccccc3)c3ccccc3)cc2c(=O)[nH]1. The van der Waals surface area contributed by atoms with Crippen LogP contribution in [0.4, 0.5) is 0 Å². The molecule has 3 aromatic carbocycles. The molecule has 0 spiro atoms. The lowest BCUT2D eigenvalue weighted by atomic mass is 9.74. The van der Waals surface area contributed by atoms with Gasteiger partial charge in [0, 0.05) is 12.3 Å². The van der Waals surface area contributed by atoms with Crippen molar-refractivity contribution < 1.29 is 0 Å². The van der Waals surface area contributed by atoms with E-state index in [1.54, 1.807) is 6.92 Å². The van der Waals surface area contributed by atoms with E-state index in [0.717, 1.165) is 16.7 Å². The highest BCUT2D eigenvalue weighted by Gasteiger charge is 2.34. The first kappa shape index (κ1) is 23.7. The molecule has 0 aliphatic rings. The van der Waals surface area contributed by atoms with Crippen LogP contribution in [0.1, 0.15) is 28.9 Å². The van der Waals surface area contributed by atoms with Crippen molar-refractivity contribution in [3.8, 4) is 6.07 Å². The number of nitrogens with one attached hydrogen (secondary N) is 2. The second-order valence-corrected chi connectivity index (χ2v) is 9.76. The quantitative estimate of drug-likeness (QED) is 0.349. The lowest BCUT2D eigenvalue weighted by molar-refractivity contribution is 0.638. The molecule has 0 fully saturated rings. The average molecular weight is 485 g/mol. The number of hydrogen-bond donors (Lipinski definition) is 2. The Bertz CT molecular complexity index is 1360. The zero-order chi connectivity index (χ0) is 24.0. The second kappa shape index (κ2) is 10.6. The normalized spacial score (nSPS) is 11.2. The number of aromatic amines is 1. The summed E-state index contributed by atoms with van der Waals surface area (Å²) in [6, 6.07) is 28.1. The third kappa shape index (κ3) is 5.19. The number of nitrogens with zero attached hydrogens (tertiary/aromatic N) is 2. The van der Waals surface area contributed by atoms with E-state index in [1.165, 1.54) is 11.8 Å². The fourth-order valence-electron chi connectivity index (χ4n) is 4.02. The van der Waals surface area contributed by atoms with E-state index in [4.69, 9.17) is 12.2 Å². The standard InChI is InChI=1S/C27H24N4OS2/c1-19-30-24-13-12-20(16-23(24)25(32)31-19)17-29-26(33)34-15-14-27(18-28,21-8-4-2-5-9-21)22-10-6-3-7-11-22/h2-13,16H,14-15,17H2,1H3,(H,29,33)(H,30,31,32). The topological polar surface area (TPSA) is 81.6 Å². The van der Waals surface area contributed by atoms with Crippen LogP contribution in [0.5, 0.6) is 0 Å². The predicted molar refractivity (Wildman–Crippen MR) is 143 cm³/mol. The zero-order valence-corrected chi connectivity index (χ0v) is 20.4. The van der Waals surface area contributed by atoms with Gasteiger partial charge in [-0.25, -0.2) is 4.98 Å². The first-order chi connectivity index (χ1) is 16.5. The lowest BCUT2D eigenvalue weighted by Gasteiger charge is -2.28. The van der Waals surface area contributed by atoms with Crippen LogP contribution < -0.4 is 10.9 Å². The molecule has 5 nitrogen and oxygen atoms in total. The molecule has 0 amide bonds. The number of nitriles is 1. The monoisotopic (exact) mass is 484 g/mol. The maximum absolute atomic E-state index is 12.2. The molecule has 0 radical (unpaired) electrons. The van der Waals surface area contributed by atoms with E-state index < -0.39 is 5.41 Å². The van der Waals surface area contributed by atoms with Gasteiger partial charge >= 0.3 is 0 Å². The number of thiocarbonyl (C=S) groups is 1. The minimum absolute atomic E-state index is 0.143. The molecule has 34 heavy (non-hydrogen) atoms. The van der Waals surface area contributed by atoms with E-state index in [1.807, 2.05) is 78.9 Å². The van der Waals surface area contributed by atoms with Crippen LogP contribution in [-0.2, 0) is 12.0 Å². The minimum Gasteiger partial charge on any atom is -0.367 e. The molecule has 4 aromatic rings. The molecule has 0 atom stereocenters. The Labute approximate surface area is 208 Å². The number of rotatable bonds is 7. The molecule has 0 saturated carbocycles. The molecule has 0 unspecified atom stereocenters. The zero-order valence-electron chi connectivity index (χ0n) is 18.7. The van der Waals surface area contributed by atoms with Crippen molar-refractivity contribution in [2.45, 2.75) is 25.3 Å². The Kier molecular flexibility index (Phi) is 7.41. The summed E-state index contributed by atoms with van der Waals surface area (Å²) in [6.45, 7) is 2.28. The molecule has 170 valence electrons. The van der Waals surface area contributed by atoms with Crippen molar-refractivity contribution in [3.05, 3.63) is 112 Å². The Morgan fingerprint density at radius 2 is 1.74 bits per heavy atom. The minimum atomic E-state index is -0.740. The lowest BCUT2D eigenvalue weighted by Crippen LogP contribution is -2.27. The van der Waals surface area contributed by atoms with Crippen LogP contribution in [0.3, 0.4) is 0 Å². The van der Waals surface area contributed by atoms with Crippen LogP contribution >= 0.6 is 24.0 Å². The Hall–Kier alpha value is -3.47. The fourth-order valence-corrected chi connectivity index (χ4v) is 5.11. The Balaban J connectivity index is 1.41.